The third kappa shape index (κ3) is 3.57. The minimum absolute atomic E-state index is 0.229. The standard InChI is InChI=1S/C31H32O3/c1-31-18-27(21-7-11-24(12-8-21)34-19-20-5-3-2-4-6-20)30-25-14-10-23(32)17-22(25)9-13-26(30)28(31)15-16-29(31)33/h2-8,11-12,17,26-28H,9-10,13-16,18-19H2,1H3/t26-,27+,28-,31-/m0/s1. The SMILES string of the molecule is C[C@]12C[C@H](c3ccc(OCc4ccccc4)cc3)C3=C4CCC(=O)C=C4CC[C@H]3[C@@H]1CCC2=O. The lowest BCUT2D eigenvalue weighted by Gasteiger charge is -2.50. The van der Waals surface area contributed by atoms with E-state index in [4.69, 9.17) is 4.74 Å². The summed E-state index contributed by atoms with van der Waals surface area (Å²) in [6.45, 7) is 2.78. The van der Waals surface area contributed by atoms with Gasteiger partial charge in [-0.15, -0.1) is 0 Å². The maximum Gasteiger partial charge on any atom is 0.156 e. The molecule has 0 amide bonds. The minimum Gasteiger partial charge on any atom is -0.489 e. The summed E-state index contributed by atoms with van der Waals surface area (Å²) in [5, 5.41) is 0. The van der Waals surface area contributed by atoms with Gasteiger partial charge in [-0.2, -0.15) is 0 Å². The molecule has 0 saturated heterocycles. The predicted molar refractivity (Wildman–Crippen MR) is 132 cm³/mol. The summed E-state index contributed by atoms with van der Waals surface area (Å²) >= 11 is 0. The average molecular weight is 453 g/mol. The van der Waals surface area contributed by atoms with Gasteiger partial charge in [0.15, 0.2) is 5.78 Å². The lowest BCUT2D eigenvalue weighted by Crippen LogP contribution is -2.43. The molecule has 34 heavy (non-hydrogen) atoms. The van der Waals surface area contributed by atoms with Crippen LogP contribution in [-0.4, -0.2) is 11.6 Å². The number of hydrogen-bond donors (Lipinski definition) is 0. The molecule has 6 rings (SSSR count). The van der Waals surface area contributed by atoms with Crippen molar-refractivity contribution in [2.75, 3.05) is 0 Å². The molecule has 0 N–H and O–H groups in total. The number of carbonyl (C=O) groups is 2. The molecule has 4 atom stereocenters. The van der Waals surface area contributed by atoms with Gasteiger partial charge in [0.1, 0.15) is 18.1 Å². The van der Waals surface area contributed by atoms with Crippen LogP contribution in [0.5, 0.6) is 5.75 Å². The predicted octanol–water partition coefficient (Wildman–Crippen LogP) is 6.73. The Balaban J connectivity index is 1.35. The van der Waals surface area contributed by atoms with Crippen LogP contribution in [-0.2, 0) is 16.2 Å². The summed E-state index contributed by atoms with van der Waals surface area (Å²) < 4.78 is 6.03. The average Bonchev–Trinajstić information content (AvgIpc) is 3.17. The monoisotopic (exact) mass is 452 g/mol. The molecule has 0 heterocycles. The zero-order valence-electron chi connectivity index (χ0n) is 19.9. The summed E-state index contributed by atoms with van der Waals surface area (Å²) in [7, 11) is 0. The minimum atomic E-state index is -0.229. The molecule has 0 radical (unpaired) electrons. The number of Topliss-reactive ketones (excluding diaryl/α,β-unsaturated/α-hetero) is 1. The van der Waals surface area contributed by atoms with Gasteiger partial charge in [0.2, 0.25) is 0 Å². The Labute approximate surface area is 201 Å². The first-order chi connectivity index (χ1) is 16.5. The normalized spacial score (nSPS) is 30.4. The Bertz CT molecular complexity index is 1190. The van der Waals surface area contributed by atoms with E-state index in [1.807, 2.05) is 24.3 Å². The molecule has 2 fully saturated rings. The Kier molecular flexibility index (Phi) is 5.32. The fourth-order valence-electron chi connectivity index (χ4n) is 7.27. The first kappa shape index (κ1) is 21.6. The maximum atomic E-state index is 13.1. The highest BCUT2D eigenvalue weighted by Crippen LogP contribution is 2.62. The molecule has 0 aliphatic heterocycles. The van der Waals surface area contributed by atoms with Crippen molar-refractivity contribution in [1.29, 1.82) is 0 Å². The Morgan fingerprint density at radius 3 is 2.50 bits per heavy atom. The number of benzene rings is 2. The molecule has 4 aliphatic carbocycles. The summed E-state index contributed by atoms with van der Waals surface area (Å²) in [6.07, 6.45) is 8.07. The van der Waals surface area contributed by atoms with E-state index in [0.29, 0.717) is 30.6 Å². The number of ketones is 2. The van der Waals surface area contributed by atoms with Crippen LogP contribution in [0.15, 0.2) is 77.4 Å². The number of carbonyl (C=O) groups excluding carboxylic acids is 2. The fourth-order valence-corrected chi connectivity index (χ4v) is 7.27. The van der Waals surface area contributed by atoms with Crippen molar-refractivity contribution in [3.63, 3.8) is 0 Å². The van der Waals surface area contributed by atoms with E-state index >= 15 is 0 Å². The van der Waals surface area contributed by atoms with Crippen molar-refractivity contribution < 1.29 is 14.3 Å². The Morgan fingerprint density at radius 1 is 0.912 bits per heavy atom. The van der Waals surface area contributed by atoms with E-state index in [0.717, 1.165) is 49.8 Å². The zero-order valence-corrected chi connectivity index (χ0v) is 19.9. The molecule has 3 heteroatoms. The van der Waals surface area contributed by atoms with Crippen LogP contribution in [0.1, 0.15) is 68.9 Å². The number of rotatable bonds is 4. The van der Waals surface area contributed by atoms with Crippen molar-refractivity contribution >= 4 is 11.6 Å². The van der Waals surface area contributed by atoms with Gasteiger partial charge in [0.25, 0.3) is 0 Å². The molecule has 0 aromatic heterocycles. The second-order valence-corrected chi connectivity index (χ2v) is 10.8. The van der Waals surface area contributed by atoms with Crippen LogP contribution < -0.4 is 4.74 Å². The third-order valence-electron chi connectivity index (χ3n) is 8.97. The van der Waals surface area contributed by atoms with Crippen LogP contribution >= 0.6 is 0 Å². The van der Waals surface area contributed by atoms with E-state index in [1.165, 1.54) is 16.7 Å². The molecule has 4 aliphatic rings. The first-order valence-corrected chi connectivity index (χ1v) is 12.8. The summed E-state index contributed by atoms with van der Waals surface area (Å²) in [6, 6.07) is 18.8. The highest BCUT2D eigenvalue weighted by molar-refractivity contribution is 5.93. The van der Waals surface area contributed by atoms with Crippen LogP contribution in [0.25, 0.3) is 0 Å². The van der Waals surface area contributed by atoms with Gasteiger partial charge >= 0.3 is 0 Å². The van der Waals surface area contributed by atoms with Gasteiger partial charge in [-0.3, -0.25) is 9.59 Å². The smallest absolute Gasteiger partial charge is 0.156 e. The molecule has 3 nitrogen and oxygen atoms in total. The van der Waals surface area contributed by atoms with E-state index in [9.17, 15) is 9.59 Å². The largest absolute Gasteiger partial charge is 0.489 e. The lowest BCUT2D eigenvalue weighted by molar-refractivity contribution is -0.128. The molecule has 2 aromatic carbocycles. The molecule has 2 saturated carbocycles. The lowest BCUT2D eigenvalue weighted by atomic mass is 9.53. The van der Waals surface area contributed by atoms with E-state index in [-0.39, 0.29) is 17.1 Å². The van der Waals surface area contributed by atoms with Crippen molar-refractivity contribution in [3.8, 4) is 5.75 Å². The van der Waals surface area contributed by atoms with Crippen molar-refractivity contribution in [2.24, 2.45) is 17.3 Å². The molecule has 0 bridgehead atoms. The van der Waals surface area contributed by atoms with Crippen molar-refractivity contribution in [1.82, 2.24) is 0 Å². The molecular weight excluding hydrogens is 420 g/mol. The van der Waals surface area contributed by atoms with Gasteiger partial charge in [-0.25, -0.2) is 0 Å². The van der Waals surface area contributed by atoms with Crippen LogP contribution in [0.4, 0.5) is 0 Å². The number of hydrogen-bond acceptors (Lipinski definition) is 3. The number of ether oxygens (including phenoxy) is 1. The Hall–Kier alpha value is -2.94. The van der Waals surface area contributed by atoms with Crippen LogP contribution in [0.2, 0.25) is 0 Å². The van der Waals surface area contributed by atoms with Gasteiger partial charge in [-0.05, 0) is 84.4 Å². The second-order valence-electron chi connectivity index (χ2n) is 10.8. The van der Waals surface area contributed by atoms with Gasteiger partial charge in [-0.1, -0.05) is 55.0 Å². The summed E-state index contributed by atoms with van der Waals surface area (Å²) in [5.74, 6) is 2.74. The molecule has 174 valence electrons. The van der Waals surface area contributed by atoms with E-state index < -0.39 is 0 Å². The molecular formula is C31H32O3. The first-order valence-electron chi connectivity index (χ1n) is 12.8. The van der Waals surface area contributed by atoms with E-state index in [1.54, 1.807) is 5.57 Å². The molecule has 0 unspecified atom stereocenters. The van der Waals surface area contributed by atoms with Crippen LogP contribution in [0.3, 0.4) is 0 Å². The summed E-state index contributed by atoms with van der Waals surface area (Å²) in [4.78, 5) is 25.2. The van der Waals surface area contributed by atoms with Gasteiger partial charge < -0.3 is 4.74 Å². The van der Waals surface area contributed by atoms with Crippen LogP contribution in [0, 0.1) is 17.3 Å². The number of fused-ring (bicyclic) bond motifs is 4. The van der Waals surface area contributed by atoms with Gasteiger partial charge in [0, 0.05) is 24.2 Å². The Morgan fingerprint density at radius 2 is 1.71 bits per heavy atom. The maximum absolute atomic E-state index is 13.1. The molecule has 0 spiro atoms. The second kappa shape index (κ2) is 8.37. The quantitative estimate of drug-likeness (QED) is 0.516. The van der Waals surface area contributed by atoms with Gasteiger partial charge in [0.05, 0.1) is 0 Å². The third-order valence-corrected chi connectivity index (χ3v) is 8.97. The van der Waals surface area contributed by atoms with E-state index in [2.05, 4.69) is 43.3 Å². The molecule has 2 aromatic rings. The number of allylic oxidation sites excluding steroid dienone is 4. The van der Waals surface area contributed by atoms with Crippen molar-refractivity contribution in [3.05, 3.63) is 88.5 Å². The fraction of sp³-hybridized carbons (Fsp3) is 0.419. The topological polar surface area (TPSA) is 43.4 Å². The highest BCUT2D eigenvalue weighted by Gasteiger charge is 2.56. The summed E-state index contributed by atoms with van der Waals surface area (Å²) in [5.41, 5.74) is 6.45. The highest BCUT2D eigenvalue weighted by atomic mass is 16.5. The van der Waals surface area contributed by atoms with Crippen molar-refractivity contribution in [2.45, 2.75) is 64.4 Å². The zero-order chi connectivity index (χ0) is 23.3.